The minimum atomic E-state index is -0.929. The number of aromatic nitrogens is 1. The summed E-state index contributed by atoms with van der Waals surface area (Å²) in [6.07, 6.45) is 0. The molecule has 2 rings (SSSR count). The van der Waals surface area contributed by atoms with Gasteiger partial charge < -0.3 is 10.4 Å². The topological polar surface area (TPSA) is 62.2 Å². The van der Waals surface area contributed by atoms with Crippen molar-refractivity contribution in [2.45, 2.75) is 26.4 Å². The van der Waals surface area contributed by atoms with Crippen molar-refractivity contribution >= 4 is 28.4 Å². The number of halogens is 1. The molecule has 0 aliphatic heterocycles. The van der Waals surface area contributed by atoms with Crippen LogP contribution in [0.1, 0.15) is 31.1 Å². The molecule has 1 atom stereocenters. The van der Waals surface area contributed by atoms with Crippen LogP contribution >= 0.6 is 11.6 Å². The van der Waals surface area contributed by atoms with E-state index in [9.17, 15) is 9.90 Å². The number of aliphatic hydroxyl groups is 1. The van der Waals surface area contributed by atoms with Crippen molar-refractivity contribution in [2.75, 3.05) is 6.54 Å². The summed E-state index contributed by atoms with van der Waals surface area (Å²) >= 11 is 5.83. The van der Waals surface area contributed by atoms with E-state index in [2.05, 4.69) is 10.3 Å². The van der Waals surface area contributed by atoms with Crippen LogP contribution < -0.4 is 5.32 Å². The molecule has 1 unspecified atom stereocenters. The molecule has 1 heterocycles. The van der Waals surface area contributed by atoms with Gasteiger partial charge in [0.1, 0.15) is 5.15 Å². The van der Waals surface area contributed by atoms with Crippen LogP contribution in [0.3, 0.4) is 0 Å². The van der Waals surface area contributed by atoms with Crippen molar-refractivity contribution in [1.82, 2.24) is 10.3 Å². The highest BCUT2D eigenvalue weighted by Crippen LogP contribution is 2.18. The molecule has 0 saturated heterocycles. The third-order valence-corrected chi connectivity index (χ3v) is 3.98. The lowest BCUT2D eigenvalue weighted by atomic mass is 9.92. The second-order valence-corrected chi connectivity index (χ2v) is 6.12. The van der Waals surface area contributed by atoms with Gasteiger partial charge in [0.2, 0.25) is 0 Å². The van der Waals surface area contributed by atoms with E-state index in [1.165, 1.54) is 0 Å². The first-order chi connectivity index (χ1) is 9.79. The van der Waals surface area contributed by atoms with Crippen LogP contribution in [0.2, 0.25) is 5.15 Å². The Balaban J connectivity index is 2.15. The number of rotatable bonds is 4. The molecule has 0 spiro atoms. The third-order valence-electron chi connectivity index (χ3n) is 3.77. The van der Waals surface area contributed by atoms with Gasteiger partial charge in [-0.2, -0.15) is 0 Å². The van der Waals surface area contributed by atoms with Gasteiger partial charge in [-0.05, 0) is 43.2 Å². The fourth-order valence-electron chi connectivity index (χ4n) is 1.81. The first-order valence-corrected chi connectivity index (χ1v) is 7.24. The molecule has 0 saturated carbocycles. The molecule has 0 fully saturated rings. The molecular weight excluding hydrogens is 288 g/mol. The lowest BCUT2D eigenvalue weighted by Gasteiger charge is -2.27. The Kier molecular flexibility index (Phi) is 4.49. The predicted molar refractivity (Wildman–Crippen MR) is 84.5 cm³/mol. The van der Waals surface area contributed by atoms with E-state index in [1.54, 1.807) is 31.2 Å². The van der Waals surface area contributed by atoms with Crippen LogP contribution in [0, 0.1) is 5.92 Å². The van der Waals surface area contributed by atoms with Gasteiger partial charge in [-0.1, -0.05) is 25.4 Å². The first kappa shape index (κ1) is 15.7. The average Bonchev–Trinajstić information content (AvgIpc) is 2.44. The van der Waals surface area contributed by atoms with Crippen molar-refractivity contribution in [1.29, 1.82) is 0 Å². The number of fused-ring (bicyclic) bond motifs is 1. The van der Waals surface area contributed by atoms with Gasteiger partial charge in [-0.25, -0.2) is 4.98 Å². The van der Waals surface area contributed by atoms with E-state index < -0.39 is 5.60 Å². The summed E-state index contributed by atoms with van der Waals surface area (Å²) in [6.45, 7) is 5.75. The first-order valence-electron chi connectivity index (χ1n) is 6.86. The van der Waals surface area contributed by atoms with Crippen LogP contribution in [0.25, 0.3) is 10.9 Å². The average molecular weight is 307 g/mol. The molecule has 112 valence electrons. The maximum atomic E-state index is 12.2. The second-order valence-electron chi connectivity index (χ2n) is 5.74. The van der Waals surface area contributed by atoms with Crippen molar-refractivity contribution in [2.24, 2.45) is 5.92 Å². The fourth-order valence-corrected chi connectivity index (χ4v) is 1.96. The quantitative estimate of drug-likeness (QED) is 0.854. The minimum Gasteiger partial charge on any atom is -0.388 e. The molecule has 2 aromatic rings. The molecule has 0 bridgehead atoms. The van der Waals surface area contributed by atoms with E-state index >= 15 is 0 Å². The van der Waals surface area contributed by atoms with Crippen LogP contribution in [-0.2, 0) is 0 Å². The number of carbonyl (C=O) groups is 1. The standard InChI is InChI=1S/C16H19ClN2O2/c1-10(2)16(3,21)9-18-15(20)12-4-6-13-11(8-12)5-7-14(17)19-13/h4-8,10,21H,9H2,1-3H3,(H,18,20). The molecule has 1 amide bonds. The zero-order chi connectivity index (χ0) is 15.6. The molecule has 0 radical (unpaired) electrons. The van der Waals surface area contributed by atoms with Crippen molar-refractivity contribution < 1.29 is 9.90 Å². The Labute approximate surface area is 129 Å². The molecule has 21 heavy (non-hydrogen) atoms. The monoisotopic (exact) mass is 306 g/mol. The Morgan fingerprint density at radius 1 is 1.38 bits per heavy atom. The van der Waals surface area contributed by atoms with Gasteiger partial charge in [0.25, 0.3) is 5.91 Å². The molecule has 1 aromatic carbocycles. The Hall–Kier alpha value is -1.65. The highest BCUT2D eigenvalue weighted by molar-refractivity contribution is 6.29. The smallest absolute Gasteiger partial charge is 0.251 e. The van der Waals surface area contributed by atoms with E-state index in [0.29, 0.717) is 10.7 Å². The number of hydrogen-bond donors (Lipinski definition) is 2. The predicted octanol–water partition coefficient (Wildman–Crippen LogP) is 3.03. The van der Waals surface area contributed by atoms with Crippen molar-refractivity contribution in [3.8, 4) is 0 Å². The van der Waals surface area contributed by atoms with E-state index in [1.807, 2.05) is 19.9 Å². The molecule has 0 aliphatic rings. The number of amides is 1. The maximum Gasteiger partial charge on any atom is 0.251 e. The van der Waals surface area contributed by atoms with Gasteiger partial charge >= 0.3 is 0 Å². The normalized spacial score (nSPS) is 14.2. The fraction of sp³-hybridized carbons (Fsp3) is 0.375. The van der Waals surface area contributed by atoms with Crippen LogP contribution in [0.4, 0.5) is 0 Å². The molecule has 4 nitrogen and oxygen atoms in total. The van der Waals surface area contributed by atoms with Crippen molar-refractivity contribution in [3.05, 3.63) is 41.0 Å². The number of pyridine rings is 1. The zero-order valence-corrected chi connectivity index (χ0v) is 13.1. The number of nitrogens with one attached hydrogen (secondary N) is 1. The van der Waals surface area contributed by atoms with Crippen LogP contribution in [-0.4, -0.2) is 28.1 Å². The molecule has 5 heteroatoms. The third kappa shape index (κ3) is 3.71. The second kappa shape index (κ2) is 6.00. The maximum absolute atomic E-state index is 12.2. The number of hydrogen-bond acceptors (Lipinski definition) is 3. The Bertz CT molecular complexity index is 668. The number of benzene rings is 1. The summed E-state index contributed by atoms with van der Waals surface area (Å²) in [5, 5.41) is 14.2. The lowest BCUT2D eigenvalue weighted by Crippen LogP contribution is -2.44. The summed E-state index contributed by atoms with van der Waals surface area (Å²) in [4.78, 5) is 16.3. The summed E-state index contributed by atoms with van der Waals surface area (Å²) in [5.74, 6) is -0.159. The van der Waals surface area contributed by atoms with Gasteiger partial charge in [-0.15, -0.1) is 0 Å². The van der Waals surface area contributed by atoms with Gasteiger partial charge in [0.05, 0.1) is 11.1 Å². The lowest BCUT2D eigenvalue weighted by molar-refractivity contribution is 0.0142. The zero-order valence-electron chi connectivity index (χ0n) is 12.4. The van der Waals surface area contributed by atoms with Crippen LogP contribution in [0.15, 0.2) is 30.3 Å². The highest BCUT2D eigenvalue weighted by atomic mass is 35.5. The van der Waals surface area contributed by atoms with Crippen LogP contribution in [0.5, 0.6) is 0 Å². The van der Waals surface area contributed by atoms with Gasteiger partial charge in [-0.3, -0.25) is 4.79 Å². The molecular formula is C16H19ClN2O2. The SMILES string of the molecule is CC(C)C(C)(O)CNC(=O)c1ccc2nc(Cl)ccc2c1. The molecule has 2 N–H and O–H groups in total. The Morgan fingerprint density at radius 2 is 2.10 bits per heavy atom. The van der Waals surface area contributed by atoms with E-state index in [0.717, 1.165) is 10.9 Å². The largest absolute Gasteiger partial charge is 0.388 e. The van der Waals surface area contributed by atoms with Gasteiger partial charge in [0, 0.05) is 17.5 Å². The summed E-state index contributed by atoms with van der Waals surface area (Å²) in [7, 11) is 0. The van der Waals surface area contributed by atoms with Crippen molar-refractivity contribution in [3.63, 3.8) is 0 Å². The van der Waals surface area contributed by atoms with E-state index in [4.69, 9.17) is 11.6 Å². The highest BCUT2D eigenvalue weighted by Gasteiger charge is 2.25. The van der Waals surface area contributed by atoms with Gasteiger partial charge in [0.15, 0.2) is 0 Å². The summed E-state index contributed by atoms with van der Waals surface area (Å²) in [6, 6.07) is 8.74. The molecule has 0 aliphatic carbocycles. The minimum absolute atomic E-state index is 0.0562. The number of carbonyl (C=O) groups excluding carboxylic acids is 1. The van der Waals surface area contributed by atoms with E-state index in [-0.39, 0.29) is 18.4 Å². The summed E-state index contributed by atoms with van der Waals surface area (Å²) in [5.41, 5.74) is 0.348. The number of nitrogens with zero attached hydrogens (tertiary/aromatic N) is 1. The Morgan fingerprint density at radius 3 is 2.76 bits per heavy atom. The summed E-state index contributed by atoms with van der Waals surface area (Å²) < 4.78 is 0. The molecule has 1 aromatic heterocycles.